The van der Waals surface area contributed by atoms with Crippen LogP contribution in [0.15, 0.2) is 42.5 Å². The van der Waals surface area contributed by atoms with E-state index >= 15 is 0 Å². The average molecular weight is 311 g/mol. The van der Waals surface area contributed by atoms with Crippen molar-refractivity contribution in [1.82, 2.24) is 0 Å². The second-order valence-corrected chi connectivity index (χ2v) is 6.46. The van der Waals surface area contributed by atoms with Crippen molar-refractivity contribution in [2.45, 2.75) is 26.2 Å². The molecular formula is C19H21NO3. The van der Waals surface area contributed by atoms with Gasteiger partial charge in [-0.2, -0.15) is 0 Å². The summed E-state index contributed by atoms with van der Waals surface area (Å²) in [7, 11) is 0. The monoisotopic (exact) mass is 311 g/mol. The molecule has 0 radical (unpaired) electrons. The summed E-state index contributed by atoms with van der Waals surface area (Å²) in [4.78, 5) is 11.0. The highest BCUT2D eigenvalue weighted by Crippen LogP contribution is 2.41. The number of carbonyl (C=O) groups is 1. The Hall–Kier alpha value is -2.75. The summed E-state index contributed by atoms with van der Waals surface area (Å²) in [5, 5.41) is 20.3. The molecule has 4 N–H and O–H groups in total. The third kappa shape index (κ3) is 3.72. The largest absolute Gasteiger partial charge is 0.508 e. The van der Waals surface area contributed by atoms with Gasteiger partial charge in [-0.1, -0.05) is 39.0 Å². The van der Waals surface area contributed by atoms with Crippen LogP contribution < -0.4 is 5.73 Å². The molecule has 0 fully saturated rings. The van der Waals surface area contributed by atoms with Crippen LogP contribution >= 0.6 is 0 Å². The van der Waals surface area contributed by atoms with E-state index < -0.39 is 5.91 Å². The molecule has 2 aromatic rings. The van der Waals surface area contributed by atoms with Gasteiger partial charge in [0.15, 0.2) is 0 Å². The first-order valence-corrected chi connectivity index (χ1v) is 7.33. The number of hydrogen-bond acceptors (Lipinski definition) is 3. The molecule has 0 atom stereocenters. The lowest BCUT2D eigenvalue weighted by Crippen LogP contribution is -2.13. The van der Waals surface area contributed by atoms with Gasteiger partial charge in [-0.3, -0.25) is 4.79 Å². The molecular weight excluding hydrogens is 290 g/mol. The number of hydrogen-bond donors (Lipinski definition) is 3. The molecule has 1 amide bonds. The van der Waals surface area contributed by atoms with Gasteiger partial charge in [-0.05, 0) is 46.4 Å². The Morgan fingerprint density at radius 3 is 2.43 bits per heavy atom. The van der Waals surface area contributed by atoms with E-state index in [9.17, 15) is 15.0 Å². The summed E-state index contributed by atoms with van der Waals surface area (Å²) in [6.07, 6.45) is 2.84. The Balaban J connectivity index is 2.77. The lowest BCUT2D eigenvalue weighted by molar-refractivity contribution is -0.113. The molecule has 2 rings (SSSR count). The highest BCUT2D eigenvalue weighted by Gasteiger charge is 2.22. The van der Waals surface area contributed by atoms with Gasteiger partial charge >= 0.3 is 0 Å². The van der Waals surface area contributed by atoms with Gasteiger partial charge in [0.1, 0.15) is 11.5 Å². The maximum Gasteiger partial charge on any atom is 0.241 e. The van der Waals surface area contributed by atoms with Crippen molar-refractivity contribution in [3.8, 4) is 22.6 Å². The van der Waals surface area contributed by atoms with Crippen LogP contribution in [0.3, 0.4) is 0 Å². The first-order chi connectivity index (χ1) is 10.7. The molecule has 2 aromatic carbocycles. The number of aromatic hydroxyl groups is 2. The molecule has 0 aliphatic heterocycles. The van der Waals surface area contributed by atoms with E-state index in [1.54, 1.807) is 30.3 Å². The molecule has 0 unspecified atom stereocenters. The quantitative estimate of drug-likeness (QED) is 0.758. The lowest BCUT2D eigenvalue weighted by atomic mass is 9.80. The maximum absolute atomic E-state index is 11.0. The second kappa shape index (κ2) is 6.16. The molecule has 0 aliphatic rings. The minimum Gasteiger partial charge on any atom is -0.508 e. The zero-order valence-corrected chi connectivity index (χ0v) is 13.5. The number of phenols is 2. The molecule has 0 aromatic heterocycles. The molecule has 0 bridgehead atoms. The van der Waals surface area contributed by atoms with Crippen molar-refractivity contribution >= 4 is 12.0 Å². The van der Waals surface area contributed by atoms with Crippen molar-refractivity contribution in [3.05, 3.63) is 53.6 Å². The molecule has 4 nitrogen and oxygen atoms in total. The van der Waals surface area contributed by atoms with E-state index in [1.165, 1.54) is 12.1 Å². The van der Waals surface area contributed by atoms with Crippen molar-refractivity contribution < 1.29 is 15.0 Å². The topological polar surface area (TPSA) is 83.6 Å². The van der Waals surface area contributed by atoms with Crippen LogP contribution in [0.25, 0.3) is 17.2 Å². The Morgan fingerprint density at radius 2 is 1.83 bits per heavy atom. The van der Waals surface area contributed by atoms with Crippen LogP contribution in [0.1, 0.15) is 31.9 Å². The first-order valence-electron chi connectivity index (χ1n) is 7.33. The van der Waals surface area contributed by atoms with Gasteiger partial charge in [0.25, 0.3) is 0 Å². The van der Waals surface area contributed by atoms with E-state index in [2.05, 4.69) is 0 Å². The molecule has 0 aliphatic carbocycles. The summed E-state index contributed by atoms with van der Waals surface area (Å²) >= 11 is 0. The number of primary amides is 1. The number of amides is 1. The van der Waals surface area contributed by atoms with Gasteiger partial charge in [-0.25, -0.2) is 0 Å². The Bertz CT molecular complexity index is 771. The summed E-state index contributed by atoms with van der Waals surface area (Å²) in [5.41, 5.74) is 7.87. The third-order valence-electron chi connectivity index (χ3n) is 3.58. The van der Waals surface area contributed by atoms with Crippen molar-refractivity contribution in [1.29, 1.82) is 0 Å². The standard InChI is InChI=1S/C19H21NO3/c1-19(2,3)15-5-4-6-16(22)18(15)14-11-13(21)9-7-12(14)8-10-17(20)23/h4-11,21-22H,1-3H3,(H2,20,23)/b10-8+. The Labute approximate surface area is 135 Å². The third-order valence-corrected chi connectivity index (χ3v) is 3.58. The van der Waals surface area contributed by atoms with Gasteiger partial charge in [0.05, 0.1) is 0 Å². The maximum atomic E-state index is 11.0. The number of rotatable bonds is 3. The highest BCUT2D eigenvalue weighted by atomic mass is 16.3. The highest BCUT2D eigenvalue weighted by molar-refractivity contribution is 5.92. The van der Waals surface area contributed by atoms with Crippen molar-refractivity contribution in [2.24, 2.45) is 5.73 Å². The van der Waals surface area contributed by atoms with E-state index in [0.29, 0.717) is 16.7 Å². The molecule has 0 heterocycles. The fraction of sp³-hybridized carbons (Fsp3) is 0.211. The van der Waals surface area contributed by atoms with E-state index in [1.807, 2.05) is 26.8 Å². The van der Waals surface area contributed by atoms with Crippen LogP contribution in [0.4, 0.5) is 0 Å². The molecule has 23 heavy (non-hydrogen) atoms. The fourth-order valence-electron chi connectivity index (χ4n) is 2.53. The zero-order valence-electron chi connectivity index (χ0n) is 13.5. The van der Waals surface area contributed by atoms with E-state index in [4.69, 9.17) is 5.73 Å². The lowest BCUT2D eigenvalue weighted by Gasteiger charge is -2.24. The molecule has 0 spiro atoms. The molecule has 0 saturated heterocycles. The summed E-state index contributed by atoms with van der Waals surface area (Å²) in [5.74, 6) is -0.353. The predicted octanol–water partition coefficient (Wildman–Crippen LogP) is 3.56. The Morgan fingerprint density at radius 1 is 1.13 bits per heavy atom. The first kappa shape index (κ1) is 16.6. The average Bonchev–Trinajstić information content (AvgIpc) is 2.44. The molecule has 120 valence electrons. The minimum atomic E-state index is -0.558. The number of carbonyl (C=O) groups excluding carboxylic acids is 1. The summed E-state index contributed by atoms with van der Waals surface area (Å²) in [6.45, 7) is 6.15. The van der Waals surface area contributed by atoms with E-state index in [0.717, 1.165) is 5.56 Å². The zero-order chi connectivity index (χ0) is 17.2. The van der Waals surface area contributed by atoms with Crippen LogP contribution in [0.5, 0.6) is 11.5 Å². The van der Waals surface area contributed by atoms with Crippen molar-refractivity contribution in [2.75, 3.05) is 0 Å². The number of benzene rings is 2. The van der Waals surface area contributed by atoms with Crippen LogP contribution in [-0.2, 0) is 10.2 Å². The van der Waals surface area contributed by atoms with E-state index in [-0.39, 0.29) is 16.9 Å². The van der Waals surface area contributed by atoms with Gasteiger partial charge in [0.2, 0.25) is 5.91 Å². The fourth-order valence-corrected chi connectivity index (χ4v) is 2.53. The van der Waals surface area contributed by atoms with Crippen LogP contribution in [-0.4, -0.2) is 16.1 Å². The van der Waals surface area contributed by atoms with Gasteiger partial charge in [0, 0.05) is 11.6 Å². The number of nitrogens with two attached hydrogens (primary N) is 1. The summed E-state index contributed by atoms with van der Waals surface area (Å²) < 4.78 is 0. The molecule has 0 saturated carbocycles. The minimum absolute atomic E-state index is 0.0827. The summed E-state index contributed by atoms with van der Waals surface area (Å²) in [6, 6.07) is 10.1. The predicted molar refractivity (Wildman–Crippen MR) is 92.1 cm³/mol. The SMILES string of the molecule is CC(C)(C)c1cccc(O)c1-c1cc(O)ccc1/C=C/C(N)=O. The van der Waals surface area contributed by atoms with Crippen molar-refractivity contribution in [3.63, 3.8) is 0 Å². The van der Waals surface area contributed by atoms with Crippen LogP contribution in [0.2, 0.25) is 0 Å². The normalized spacial score (nSPS) is 11.8. The number of phenolic OH excluding ortho intramolecular Hbond substituents is 2. The molecule has 4 heteroatoms. The van der Waals surface area contributed by atoms with Gasteiger partial charge in [-0.15, -0.1) is 0 Å². The second-order valence-electron chi connectivity index (χ2n) is 6.46. The Kier molecular flexibility index (Phi) is 4.45. The van der Waals surface area contributed by atoms with Gasteiger partial charge < -0.3 is 15.9 Å². The smallest absolute Gasteiger partial charge is 0.241 e. The van der Waals surface area contributed by atoms with Crippen LogP contribution in [0, 0.1) is 0 Å².